The van der Waals surface area contributed by atoms with Crippen molar-refractivity contribution in [1.82, 2.24) is 4.31 Å². The molecule has 1 saturated heterocycles. The van der Waals surface area contributed by atoms with Crippen molar-refractivity contribution < 1.29 is 31.1 Å². The second-order valence-electron chi connectivity index (χ2n) is 5.10. The summed E-state index contributed by atoms with van der Waals surface area (Å²) in [6.45, 7) is 1.66. The molecule has 1 aromatic carbocycles. The molecule has 1 atom stereocenters. The van der Waals surface area contributed by atoms with Gasteiger partial charge in [0.1, 0.15) is 6.04 Å². The lowest BCUT2D eigenvalue weighted by molar-refractivity contribution is -0.147. The van der Waals surface area contributed by atoms with Crippen molar-refractivity contribution in [2.45, 2.75) is 24.0 Å². The zero-order valence-corrected chi connectivity index (χ0v) is 15.4. The van der Waals surface area contributed by atoms with Gasteiger partial charge in [0.25, 0.3) is 0 Å². The van der Waals surface area contributed by atoms with Crippen LogP contribution in [0.3, 0.4) is 0 Å². The lowest BCUT2D eigenvalue weighted by atomic mass is 10.2. The van der Waals surface area contributed by atoms with Crippen LogP contribution in [-0.4, -0.2) is 49.4 Å². The van der Waals surface area contributed by atoms with Gasteiger partial charge >= 0.3 is 12.1 Å². The predicted molar refractivity (Wildman–Crippen MR) is 88.1 cm³/mol. The summed E-state index contributed by atoms with van der Waals surface area (Å²) in [5.41, 5.74) is -1.24. The summed E-state index contributed by atoms with van der Waals surface area (Å²) in [5.74, 6) is -0.115. The number of ether oxygens (including phenoxy) is 1. The molecule has 1 aliphatic heterocycles. The number of halogens is 4. The molecule has 0 bridgehead atoms. The topological polar surface area (TPSA) is 63.7 Å². The van der Waals surface area contributed by atoms with Crippen LogP contribution < -0.4 is 0 Å². The molecule has 2 rings (SSSR count). The van der Waals surface area contributed by atoms with Crippen LogP contribution >= 0.6 is 23.4 Å². The molecule has 5 nitrogen and oxygen atoms in total. The molecule has 1 fully saturated rings. The summed E-state index contributed by atoms with van der Waals surface area (Å²) in [4.78, 5) is 11.5. The highest BCUT2D eigenvalue weighted by Crippen LogP contribution is 2.37. The number of carbonyl (C=O) groups excluding carboxylic acids is 1. The number of thioether (sulfide) groups is 1. The Bertz CT molecular complexity index is 755. The smallest absolute Gasteiger partial charge is 0.417 e. The largest absolute Gasteiger partial charge is 0.465 e. The van der Waals surface area contributed by atoms with Crippen molar-refractivity contribution in [3.63, 3.8) is 0 Å². The van der Waals surface area contributed by atoms with E-state index in [1.54, 1.807) is 6.92 Å². The van der Waals surface area contributed by atoms with Crippen molar-refractivity contribution >= 4 is 39.4 Å². The molecule has 0 spiro atoms. The van der Waals surface area contributed by atoms with Crippen LogP contribution in [0.25, 0.3) is 0 Å². The lowest BCUT2D eigenvalue weighted by Crippen LogP contribution is -2.50. The van der Waals surface area contributed by atoms with Crippen LogP contribution in [0.5, 0.6) is 0 Å². The normalized spacial score (nSPS) is 19.6. The van der Waals surface area contributed by atoms with E-state index in [0.717, 1.165) is 16.4 Å². The number of alkyl halides is 3. The highest BCUT2D eigenvalue weighted by molar-refractivity contribution is 7.99. The van der Waals surface area contributed by atoms with Gasteiger partial charge in [-0.2, -0.15) is 29.2 Å². The number of nitrogens with zero attached hydrogens (tertiary/aromatic N) is 1. The standard InChI is InChI=1S/C14H15ClF3NO4S2/c1-2-23-13(20)12-8-24-6-5-19(12)25(21,22)9-3-4-11(15)10(7-9)14(16,17)18/h3-4,7,12H,2,5-6,8H2,1H3/t12-/m0/s1. The fourth-order valence-corrected chi connectivity index (χ4v) is 5.39. The molecule has 140 valence electrons. The van der Waals surface area contributed by atoms with Crippen LogP contribution in [0, 0.1) is 0 Å². The Labute approximate surface area is 152 Å². The Morgan fingerprint density at radius 3 is 2.72 bits per heavy atom. The van der Waals surface area contributed by atoms with E-state index in [1.807, 2.05) is 0 Å². The van der Waals surface area contributed by atoms with Crippen molar-refractivity contribution in [2.75, 3.05) is 24.7 Å². The van der Waals surface area contributed by atoms with Crippen molar-refractivity contribution in [3.8, 4) is 0 Å². The van der Waals surface area contributed by atoms with E-state index in [0.29, 0.717) is 11.8 Å². The SMILES string of the molecule is CCOC(=O)[C@@H]1CSCCN1S(=O)(=O)c1ccc(Cl)c(C(F)(F)F)c1. The Balaban J connectivity index is 2.44. The molecule has 0 amide bonds. The third kappa shape index (κ3) is 4.42. The summed E-state index contributed by atoms with van der Waals surface area (Å²) >= 11 is 6.91. The van der Waals surface area contributed by atoms with Crippen molar-refractivity contribution in [2.24, 2.45) is 0 Å². The number of rotatable bonds is 4. The molecular formula is C14H15ClF3NO4S2. The van der Waals surface area contributed by atoms with Crippen LogP contribution in [0.1, 0.15) is 12.5 Å². The van der Waals surface area contributed by atoms with Gasteiger partial charge in [-0.1, -0.05) is 11.6 Å². The van der Waals surface area contributed by atoms with Gasteiger partial charge in [0, 0.05) is 18.1 Å². The van der Waals surface area contributed by atoms with E-state index < -0.39 is 43.7 Å². The zero-order chi connectivity index (χ0) is 18.8. The fraction of sp³-hybridized carbons (Fsp3) is 0.500. The summed E-state index contributed by atoms with van der Waals surface area (Å²) in [5, 5.41) is -0.595. The van der Waals surface area contributed by atoms with Gasteiger partial charge in [0.2, 0.25) is 10.0 Å². The van der Waals surface area contributed by atoms with E-state index in [1.165, 1.54) is 11.8 Å². The Morgan fingerprint density at radius 2 is 2.12 bits per heavy atom. The number of hydrogen-bond donors (Lipinski definition) is 0. The molecule has 0 saturated carbocycles. The van der Waals surface area contributed by atoms with Crippen LogP contribution in [-0.2, 0) is 25.7 Å². The minimum absolute atomic E-state index is 0.000455. The van der Waals surface area contributed by atoms with Gasteiger partial charge in [-0.25, -0.2) is 8.42 Å². The molecular weight excluding hydrogens is 403 g/mol. The average Bonchev–Trinajstić information content (AvgIpc) is 2.54. The number of benzene rings is 1. The Kier molecular flexibility index (Phi) is 6.29. The first-order valence-corrected chi connectivity index (χ1v) is 10.2. The molecule has 11 heteroatoms. The average molecular weight is 418 g/mol. The molecule has 1 heterocycles. The maximum absolute atomic E-state index is 13.0. The summed E-state index contributed by atoms with van der Waals surface area (Å²) in [6.07, 6.45) is -4.79. The van der Waals surface area contributed by atoms with E-state index >= 15 is 0 Å². The quantitative estimate of drug-likeness (QED) is 0.705. The monoisotopic (exact) mass is 417 g/mol. The van der Waals surface area contributed by atoms with Crippen LogP contribution in [0.2, 0.25) is 5.02 Å². The molecule has 25 heavy (non-hydrogen) atoms. The van der Waals surface area contributed by atoms with Crippen LogP contribution in [0.15, 0.2) is 23.1 Å². The first kappa shape index (κ1) is 20.3. The summed E-state index contributed by atoms with van der Waals surface area (Å²) < 4.78 is 70.3. The van der Waals surface area contributed by atoms with E-state index in [9.17, 15) is 26.4 Å². The number of sulfonamides is 1. The molecule has 1 aromatic rings. The van der Waals surface area contributed by atoms with Gasteiger partial charge in [-0.3, -0.25) is 4.79 Å². The van der Waals surface area contributed by atoms with E-state index in [-0.39, 0.29) is 18.9 Å². The number of carbonyl (C=O) groups is 1. The maximum atomic E-state index is 13.0. The Hall–Kier alpha value is -0.970. The van der Waals surface area contributed by atoms with Crippen molar-refractivity contribution in [3.05, 3.63) is 28.8 Å². The zero-order valence-electron chi connectivity index (χ0n) is 13.0. The second kappa shape index (κ2) is 7.73. The minimum atomic E-state index is -4.79. The lowest BCUT2D eigenvalue weighted by Gasteiger charge is -2.32. The maximum Gasteiger partial charge on any atom is 0.417 e. The van der Waals surface area contributed by atoms with E-state index in [2.05, 4.69) is 0 Å². The third-order valence-corrected chi connectivity index (χ3v) is 6.74. The molecule has 0 unspecified atom stereocenters. The molecule has 0 aromatic heterocycles. The summed E-state index contributed by atoms with van der Waals surface area (Å²) in [7, 11) is -4.31. The Morgan fingerprint density at radius 1 is 1.44 bits per heavy atom. The van der Waals surface area contributed by atoms with Crippen molar-refractivity contribution in [1.29, 1.82) is 0 Å². The highest BCUT2D eigenvalue weighted by atomic mass is 35.5. The van der Waals surface area contributed by atoms with Gasteiger partial charge in [0.15, 0.2) is 0 Å². The fourth-order valence-electron chi connectivity index (χ4n) is 2.32. The van der Waals surface area contributed by atoms with Crippen LogP contribution in [0.4, 0.5) is 13.2 Å². The molecule has 0 aliphatic carbocycles. The highest BCUT2D eigenvalue weighted by Gasteiger charge is 2.40. The minimum Gasteiger partial charge on any atom is -0.465 e. The van der Waals surface area contributed by atoms with Gasteiger partial charge < -0.3 is 4.74 Å². The van der Waals surface area contributed by atoms with Gasteiger partial charge in [-0.15, -0.1) is 0 Å². The van der Waals surface area contributed by atoms with Gasteiger partial charge in [-0.05, 0) is 25.1 Å². The third-order valence-electron chi connectivity index (χ3n) is 3.49. The second-order valence-corrected chi connectivity index (χ2v) is 8.55. The number of esters is 1. The summed E-state index contributed by atoms with van der Waals surface area (Å²) in [6, 6.07) is 1.29. The predicted octanol–water partition coefficient (Wildman–Crippen LogP) is 3.03. The first-order valence-electron chi connectivity index (χ1n) is 7.22. The van der Waals surface area contributed by atoms with Gasteiger partial charge in [0.05, 0.1) is 22.1 Å². The molecule has 0 radical (unpaired) electrons. The van der Waals surface area contributed by atoms with E-state index in [4.69, 9.17) is 16.3 Å². The molecule has 1 aliphatic rings. The first-order chi connectivity index (χ1) is 11.6. The number of hydrogen-bond acceptors (Lipinski definition) is 5. The molecule has 0 N–H and O–H groups in total.